The van der Waals surface area contributed by atoms with Gasteiger partial charge in [-0.2, -0.15) is 0 Å². The van der Waals surface area contributed by atoms with Gasteiger partial charge in [-0.1, -0.05) is 11.6 Å². The van der Waals surface area contributed by atoms with E-state index in [0.717, 1.165) is 19.5 Å². The predicted molar refractivity (Wildman–Crippen MR) is 46.5 cm³/mol. The minimum Gasteiger partial charge on any atom is -0.396 e. The van der Waals surface area contributed by atoms with Crippen molar-refractivity contribution in [2.24, 2.45) is 0 Å². The first-order chi connectivity index (χ1) is 5.33. The molecular formula is C9H17NO. The first kappa shape index (κ1) is 8.75. The average molecular weight is 155 g/mol. The van der Waals surface area contributed by atoms with Gasteiger partial charge < -0.3 is 5.11 Å². The third kappa shape index (κ3) is 3.04. The molecule has 2 nitrogen and oxygen atoms in total. The van der Waals surface area contributed by atoms with E-state index in [-0.39, 0.29) is 0 Å². The smallest absolute Gasteiger partial charge is 0.0443 e. The Bertz CT molecular complexity index is 142. The van der Waals surface area contributed by atoms with Crippen molar-refractivity contribution in [1.29, 1.82) is 0 Å². The maximum Gasteiger partial charge on any atom is 0.0443 e. The third-order valence-electron chi connectivity index (χ3n) is 2.15. The Kier molecular flexibility index (Phi) is 3.60. The molecule has 1 heterocycles. The summed E-state index contributed by atoms with van der Waals surface area (Å²) in [4.78, 5) is 2.38. The minimum absolute atomic E-state index is 0.319. The molecule has 0 aromatic heterocycles. The van der Waals surface area contributed by atoms with Crippen LogP contribution in [0.4, 0.5) is 0 Å². The maximum atomic E-state index is 8.61. The molecule has 11 heavy (non-hydrogen) atoms. The van der Waals surface area contributed by atoms with Crippen LogP contribution in [-0.4, -0.2) is 36.2 Å². The van der Waals surface area contributed by atoms with Gasteiger partial charge in [0.25, 0.3) is 0 Å². The van der Waals surface area contributed by atoms with E-state index in [4.69, 9.17) is 5.11 Å². The lowest BCUT2D eigenvalue weighted by molar-refractivity contribution is 0.233. The molecule has 0 saturated heterocycles. The van der Waals surface area contributed by atoms with E-state index >= 15 is 0 Å². The largest absolute Gasteiger partial charge is 0.396 e. The molecule has 0 radical (unpaired) electrons. The molecule has 2 heteroatoms. The Morgan fingerprint density at radius 3 is 3.00 bits per heavy atom. The third-order valence-corrected chi connectivity index (χ3v) is 2.15. The Morgan fingerprint density at radius 2 is 2.45 bits per heavy atom. The van der Waals surface area contributed by atoms with Gasteiger partial charge in [0.1, 0.15) is 0 Å². The van der Waals surface area contributed by atoms with Gasteiger partial charge in [0.2, 0.25) is 0 Å². The lowest BCUT2D eigenvalue weighted by Crippen LogP contribution is -2.29. The van der Waals surface area contributed by atoms with Gasteiger partial charge in [-0.25, -0.2) is 0 Å². The summed E-state index contributed by atoms with van der Waals surface area (Å²) < 4.78 is 0. The zero-order valence-corrected chi connectivity index (χ0v) is 7.21. The molecule has 0 bridgehead atoms. The van der Waals surface area contributed by atoms with Crippen molar-refractivity contribution in [3.8, 4) is 0 Å². The number of hydrogen-bond donors (Lipinski definition) is 1. The molecule has 0 fully saturated rings. The van der Waals surface area contributed by atoms with Gasteiger partial charge in [-0.3, -0.25) is 4.90 Å². The summed E-state index contributed by atoms with van der Waals surface area (Å²) in [5, 5.41) is 8.61. The molecule has 1 aliphatic rings. The highest BCUT2D eigenvalue weighted by atomic mass is 16.3. The fourth-order valence-electron chi connectivity index (χ4n) is 1.31. The molecule has 0 amide bonds. The summed E-state index contributed by atoms with van der Waals surface area (Å²) in [6.45, 7) is 5.79. The van der Waals surface area contributed by atoms with Crippen LogP contribution in [0.5, 0.6) is 0 Å². The molecule has 64 valence electrons. The van der Waals surface area contributed by atoms with Gasteiger partial charge in [-0.15, -0.1) is 0 Å². The van der Waals surface area contributed by atoms with Gasteiger partial charge in [0.15, 0.2) is 0 Å². The normalized spacial score (nSPS) is 20.0. The van der Waals surface area contributed by atoms with E-state index < -0.39 is 0 Å². The fourth-order valence-corrected chi connectivity index (χ4v) is 1.31. The summed E-state index contributed by atoms with van der Waals surface area (Å²) in [5.41, 5.74) is 1.50. The lowest BCUT2D eigenvalue weighted by atomic mass is 10.1. The number of aliphatic hydroxyl groups is 1. The second kappa shape index (κ2) is 4.52. The van der Waals surface area contributed by atoms with Crippen molar-refractivity contribution in [2.45, 2.75) is 19.8 Å². The number of rotatable bonds is 3. The molecule has 0 spiro atoms. The van der Waals surface area contributed by atoms with E-state index in [1.165, 1.54) is 18.5 Å². The highest BCUT2D eigenvalue weighted by Crippen LogP contribution is 2.08. The van der Waals surface area contributed by atoms with Crippen LogP contribution >= 0.6 is 0 Å². The first-order valence-corrected chi connectivity index (χ1v) is 4.32. The molecule has 0 saturated carbocycles. The summed E-state index contributed by atoms with van der Waals surface area (Å²) in [7, 11) is 0. The van der Waals surface area contributed by atoms with Gasteiger partial charge in [0, 0.05) is 26.2 Å². The number of hydrogen-bond acceptors (Lipinski definition) is 2. The number of nitrogens with zero attached hydrogens (tertiary/aromatic N) is 1. The molecule has 1 N–H and O–H groups in total. The molecule has 0 aromatic rings. The molecule has 0 atom stereocenters. The van der Waals surface area contributed by atoms with Crippen LogP contribution in [0.15, 0.2) is 11.6 Å². The van der Waals surface area contributed by atoms with E-state index in [0.29, 0.717) is 6.61 Å². The van der Waals surface area contributed by atoms with Gasteiger partial charge in [-0.05, 0) is 19.8 Å². The van der Waals surface area contributed by atoms with Crippen LogP contribution in [0.3, 0.4) is 0 Å². The molecule has 1 rings (SSSR count). The van der Waals surface area contributed by atoms with E-state index in [1.807, 2.05) is 0 Å². The summed E-state index contributed by atoms with van der Waals surface area (Å²) in [6, 6.07) is 0. The first-order valence-electron chi connectivity index (χ1n) is 4.32. The maximum absolute atomic E-state index is 8.61. The molecule has 0 aliphatic carbocycles. The van der Waals surface area contributed by atoms with E-state index in [9.17, 15) is 0 Å². The summed E-state index contributed by atoms with van der Waals surface area (Å²) in [5.74, 6) is 0. The molecule has 0 aromatic carbocycles. The zero-order valence-electron chi connectivity index (χ0n) is 7.21. The van der Waals surface area contributed by atoms with Crippen molar-refractivity contribution < 1.29 is 5.11 Å². The van der Waals surface area contributed by atoms with Crippen molar-refractivity contribution in [3.05, 3.63) is 11.6 Å². The Labute approximate surface area is 68.5 Å². The second-order valence-corrected chi connectivity index (χ2v) is 3.18. The molecule has 0 unspecified atom stereocenters. The highest BCUT2D eigenvalue weighted by molar-refractivity contribution is 5.03. The zero-order chi connectivity index (χ0) is 8.10. The standard InChI is InChI=1S/C9H17NO/c1-9-3-6-10(7-4-9)5-2-8-11/h3,11H,2,4-8H2,1H3. The SMILES string of the molecule is CC1=CCN(CCCO)CC1. The van der Waals surface area contributed by atoms with E-state index in [2.05, 4.69) is 17.9 Å². The highest BCUT2D eigenvalue weighted by Gasteiger charge is 2.07. The minimum atomic E-state index is 0.319. The Hall–Kier alpha value is -0.340. The van der Waals surface area contributed by atoms with E-state index in [1.54, 1.807) is 0 Å². The fraction of sp³-hybridized carbons (Fsp3) is 0.778. The number of aliphatic hydroxyl groups excluding tert-OH is 1. The average Bonchev–Trinajstić information content (AvgIpc) is 2.04. The Balaban J connectivity index is 2.18. The van der Waals surface area contributed by atoms with Crippen LogP contribution in [0.25, 0.3) is 0 Å². The van der Waals surface area contributed by atoms with Crippen LogP contribution < -0.4 is 0 Å². The van der Waals surface area contributed by atoms with Crippen LogP contribution in [0.2, 0.25) is 0 Å². The van der Waals surface area contributed by atoms with Gasteiger partial charge >= 0.3 is 0 Å². The topological polar surface area (TPSA) is 23.5 Å². The van der Waals surface area contributed by atoms with Crippen LogP contribution in [-0.2, 0) is 0 Å². The van der Waals surface area contributed by atoms with Gasteiger partial charge in [0.05, 0.1) is 0 Å². The molecule has 1 aliphatic heterocycles. The van der Waals surface area contributed by atoms with Crippen LogP contribution in [0, 0.1) is 0 Å². The van der Waals surface area contributed by atoms with Crippen LogP contribution in [0.1, 0.15) is 19.8 Å². The van der Waals surface area contributed by atoms with Crippen molar-refractivity contribution >= 4 is 0 Å². The summed E-state index contributed by atoms with van der Waals surface area (Å²) >= 11 is 0. The quantitative estimate of drug-likeness (QED) is 0.615. The molecular weight excluding hydrogens is 138 g/mol. The predicted octanol–water partition coefficient (Wildman–Crippen LogP) is 1.02. The Morgan fingerprint density at radius 1 is 1.64 bits per heavy atom. The van der Waals surface area contributed by atoms with Crippen molar-refractivity contribution in [1.82, 2.24) is 4.90 Å². The van der Waals surface area contributed by atoms with Crippen molar-refractivity contribution in [3.63, 3.8) is 0 Å². The van der Waals surface area contributed by atoms with Crippen molar-refractivity contribution in [2.75, 3.05) is 26.2 Å². The second-order valence-electron chi connectivity index (χ2n) is 3.18. The lowest BCUT2D eigenvalue weighted by Gasteiger charge is -2.24. The summed E-state index contributed by atoms with van der Waals surface area (Å²) in [6.07, 6.45) is 4.39. The monoisotopic (exact) mass is 155 g/mol.